The number of imidazole rings is 1. The average Bonchev–Trinajstić information content (AvgIpc) is 2.87. The van der Waals surface area contributed by atoms with E-state index in [2.05, 4.69) is 15.3 Å². The van der Waals surface area contributed by atoms with E-state index in [9.17, 15) is 4.79 Å². The number of nitrogens with zero attached hydrogens (tertiary/aromatic N) is 2. The Morgan fingerprint density at radius 2 is 2.53 bits per heavy atom. The van der Waals surface area contributed by atoms with Crippen molar-refractivity contribution in [3.8, 4) is 6.07 Å². The number of hydrogen-bond acceptors (Lipinski definition) is 4. The number of anilines is 1. The van der Waals surface area contributed by atoms with Gasteiger partial charge in [0.05, 0.1) is 12.6 Å². The lowest BCUT2D eigenvalue weighted by atomic mass is 10.4. The number of aromatic amines is 1. The number of H-pyrrole nitrogens is 1. The first-order chi connectivity index (χ1) is 7.31. The number of hydrogen-bond donors (Lipinski definition) is 2. The summed E-state index contributed by atoms with van der Waals surface area (Å²) in [5.41, 5.74) is 0.204. The Morgan fingerprint density at radius 1 is 1.67 bits per heavy atom. The summed E-state index contributed by atoms with van der Waals surface area (Å²) in [6, 6.07) is 4.99. The van der Waals surface area contributed by atoms with E-state index < -0.39 is 5.91 Å². The molecule has 0 aliphatic carbocycles. The van der Waals surface area contributed by atoms with Crippen LogP contribution in [-0.4, -0.2) is 15.9 Å². The molecule has 6 nitrogen and oxygen atoms in total. The molecular formula is C9H6N4O2. The van der Waals surface area contributed by atoms with Crippen LogP contribution in [0.1, 0.15) is 16.2 Å². The minimum atomic E-state index is -0.441. The predicted molar refractivity (Wildman–Crippen MR) is 50.0 cm³/mol. The van der Waals surface area contributed by atoms with Gasteiger partial charge in [0.15, 0.2) is 17.3 Å². The van der Waals surface area contributed by atoms with Crippen molar-refractivity contribution >= 4 is 11.7 Å². The van der Waals surface area contributed by atoms with Crippen molar-refractivity contribution in [1.29, 1.82) is 5.26 Å². The zero-order chi connectivity index (χ0) is 10.7. The molecule has 0 saturated carbocycles. The van der Waals surface area contributed by atoms with Gasteiger partial charge in [-0.15, -0.1) is 0 Å². The molecule has 74 valence electrons. The Kier molecular flexibility index (Phi) is 2.21. The summed E-state index contributed by atoms with van der Waals surface area (Å²) in [4.78, 5) is 17.8. The fraction of sp³-hybridized carbons (Fsp3) is 0. The van der Waals surface area contributed by atoms with Crippen LogP contribution in [-0.2, 0) is 0 Å². The zero-order valence-corrected chi connectivity index (χ0v) is 7.52. The van der Waals surface area contributed by atoms with Gasteiger partial charge < -0.3 is 14.7 Å². The first kappa shape index (κ1) is 9.02. The zero-order valence-electron chi connectivity index (χ0n) is 7.52. The van der Waals surface area contributed by atoms with Gasteiger partial charge in [-0.1, -0.05) is 0 Å². The van der Waals surface area contributed by atoms with Gasteiger partial charge in [0, 0.05) is 0 Å². The van der Waals surface area contributed by atoms with Crippen LogP contribution in [0.2, 0.25) is 0 Å². The molecule has 15 heavy (non-hydrogen) atoms. The number of amides is 1. The highest BCUT2D eigenvalue weighted by molar-refractivity contribution is 6.02. The van der Waals surface area contributed by atoms with E-state index in [1.807, 2.05) is 6.07 Å². The summed E-state index contributed by atoms with van der Waals surface area (Å²) in [7, 11) is 0. The normalized spacial score (nSPS) is 9.53. The second-order valence-electron chi connectivity index (χ2n) is 2.67. The molecule has 0 bridgehead atoms. The van der Waals surface area contributed by atoms with E-state index in [1.54, 1.807) is 6.07 Å². The number of rotatable bonds is 2. The first-order valence-corrected chi connectivity index (χ1v) is 4.09. The quantitative estimate of drug-likeness (QED) is 0.762. The molecule has 0 saturated heterocycles. The smallest absolute Gasteiger partial charge is 0.292 e. The maximum atomic E-state index is 11.5. The summed E-state index contributed by atoms with van der Waals surface area (Å²) in [6.45, 7) is 0. The van der Waals surface area contributed by atoms with Gasteiger partial charge in [0.1, 0.15) is 6.07 Å². The fourth-order valence-corrected chi connectivity index (χ4v) is 1.05. The highest BCUT2D eigenvalue weighted by Gasteiger charge is 2.12. The molecule has 0 unspecified atom stereocenters. The second kappa shape index (κ2) is 3.67. The number of carbonyl (C=O) groups excluding carboxylic acids is 1. The SMILES string of the molecule is N#Cc1[nH]cnc1NC(=O)c1ccco1. The maximum Gasteiger partial charge on any atom is 0.292 e. The topological polar surface area (TPSA) is 94.7 Å². The van der Waals surface area contributed by atoms with Gasteiger partial charge in [-0.05, 0) is 12.1 Å². The summed E-state index contributed by atoms with van der Waals surface area (Å²) < 4.78 is 4.88. The molecule has 0 spiro atoms. The van der Waals surface area contributed by atoms with E-state index in [0.717, 1.165) is 0 Å². The molecule has 0 aliphatic rings. The molecule has 0 atom stereocenters. The minimum absolute atomic E-state index is 0.168. The number of aromatic nitrogens is 2. The second-order valence-corrected chi connectivity index (χ2v) is 2.67. The lowest BCUT2D eigenvalue weighted by Crippen LogP contribution is -2.11. The van der Waals surface area contributed by atoms with Gasteiger partial charge in [-0.3, -0.25) is 4.79 Å². The van der Waals surface area contributed by atoms with Gasteiger partial charge in [-0.2, -0.15) is 5.26 Å². The molecule has 2 aromatic heterocycles. The van der Waals surface area contributed by atoms with Crippen molar-refractivity contribution in [3.63, 3.8) is 0 Å². The van der Waals surface area contributed by atoms with Crippen LogP contribution in [0.25, 0.3) is 0 Å². The molecule has 2 aromatic rings. The van der Waals surface area contributed by atoms with Crippen molar-refractivity contribution in [1.82, 2.24) is 9.97 Å². The summed E-state index contributed by atoms with van der Waals surface area (Å²) >= 11 is 0. The van der Waals surface area contributed by atoms with E-state index in [-0.39, 0.29) is 17.3 Å². The van der Waals surface area contributed by atoms with Crippen molar-refractivity contribution < 1.29 is 9.21 Å². The molecule has 0 aromatic carbocycles. The third kappa shape index (κ3) is 1.71. The van der Waals surface area contributed by atoms with Crippen LogP contribution in [0.5, 0.6) is 0 Å². The summed E-state index contributed by atoms with van der Waals surface area (Å²) in [6.07, 6.45) is 2.72. The van der Waals surface area contributed by atoms with Gasteiger partial charge in [0.25, 0.3) is 5.91 Å². The molecule has 2 N–H and O–H groups in total. The van der Waals surface area contributed by atoms with Crippen molar-refractivity contribution in [3.05, 3.63) is 36.2 Å². The van der Waals surface area contributed by atoms with Crippen molar-refractivity contribution in [2.75, 3.05) is 5.32 Å². The maximum absolute atomic E-state index is 11.5. The minimum Gasteiger partial charge on any atom is -0.459 e. The van der Waals surface area contributed by atoms with E-state index in [0.29, 0.717) is 0 Å². The Morgan fingerprint density at radius 3 is 3.20 bits per heavy atom. The standard InChI is InChI=1S/C9H6N4O2/c10-4-6-8(12-5-11-6)13-9(14)7-2-1-3-15-7/h1-3,5H,(H,11,12)(H,13,14). The van der Waals surface area contributed by atoms with Crippen molar-refractivity contribution in [2.24, 2.45) is 0 Å². The Balaban J connectivity index is 2.17. The highest BCUT2D eigenvalue weighted by atomic mass is 16.3. The first-order valence-electron chi connectivity index (χ1n) is 4.09. The molecule has 1 amide bonds. The van der Waals surface area contributed by atoms with Crippen LogP contribution in [0.3, 0.4) is 0 Å². The van der Waals surface area contributed by atoms with Gasteiger partial charge in [0.2, 0.25) is 0 Å². The molecule has 6 heteroatoms. The number of nitrogens with one attached hydrogen (secondary N) is 2. The predicted octanol–water partition coefficient (Wildman–Crippen LogP) is 1.13. The van der Waals surface area contributed by atoms with E-state index in [4.69, 9.17) is 9.68 Å². The molecule has 2 rings (SSSR count). The average molecular weight is 202 g/mol. The number of nitriles is 1. The lowest BCUT2D eigenvalue weighted by molar-refractivity contribution is 0.0996. The fourth-order valence-electron chi connectivity index (χ4n) is 1.05. The van der Waals surface area contributed by atoms with Gasteiger partial charge >= 0.3 is 0 Å². The van der Waals surface area contributed by atoms with Gasteiger partial charge in [-0.25, -0.2) is 4.98 Å². The van der Waals surface area contributed by atoms with Crippen molar-refractivity contribution in [2.45, 2.75) is 0 Å². The molecule has 0 fully saturated rings. The highest BCUT2D eigenvalue weighted by Crippen LogP contribution is 2.10. The lowest BCUT2D eigenvalue weighted by Gasteiger charge is -1.98. The van der Waals surface area contributed by atoms with Crippen LogP contribution in [0.4, 0.5) is 5.82 Å². The number of furan rings is 1. The molecule has 0 aliphatic heterocycles. The Bertz CT molecular complexity index is 506. The van der Waals surface area contributed by atoms with Crippen LogP contribution >= 0.6 is 0 Å². The Hall–Kier alpha value is -2.55. The summed E-state index contributed by atoms with van der Waals surface area (Å²) in [5.74, 6) is -0.0793. The largest absolute Gasteiger partial charge is 0.459 e. The Labute approximate surface area is 84.5 Å². The van der Waals surface area contributed by atoms with Crippen LogP contribution < -0.4 is 5.32 Å². The number of carbonyl (C=O) groups is 1. The molecule has 2 heterocycles. The van der Waals surface area contributed by atoms with Crippen LogP contribution in [0.15, 0.2) is 29.1 Å². The third-order valence-corrected chi connectivity index (χ3v) is 1.73. The molecule has 0 radical (unpaired) electrons. The van der Waals surface area contributed by atoms with E-state index in [1.165, 1.54) is 18.7 Å². The van der Waals surface area contributed by atoms with E-state index >= 15 is 0 Å². The molecular weight excluding hydrogens is 196 g/mol. The van der Waals surface area contributed by atoms with Crippen LogP contribution in [0, 0.1) is 11.3 Å². The monoisotopic (exact) mass is 202 g/mol. The summed E-state index contributed by atoms with van der Waals surface area (Å²) in [5, 5.41) is 11.1. The third-order valence-electron chi connectivity index (χ3n) is 1.73.